The van der Waals surface area contributed by atoms with E-state index in [4.69, 9.17) is 16.3 Å². The summed E-state index contributed by atoms with van der Waals surface area (Å²) in [5.74, 6) is 0.883. The minimum absolute atomic E-state index is 0.233. The van der Waals surface area contributed by atoms with E-state index in [9.17, 15) is 4.39 Å². The Morgan fingerprint density at radius 3 is 2.44 bits per heavy atom. The van der Waals surface area contributed by atoms with E-state index in [0.717, 1.165) is 23.2 Å². The van der Waals surface area contributed by atoms with E-state index in [1.807, 2.05) is 12.1 Å². The zero-order valence-electron chi connectivity index (χ0n) is 15.1. The first-order chi connectivity index (χ1) is 12.0. The summed E-state index contributed by atoms with van der Waals surface area (Å²) >= 11 is 6.04. The van der Waals surface area contributed by atoms with Gasteiger partial charge in [-0.1, -0.05) is 18.2 Å². The number of ether oxygens (including phenoxy) is 1. The van der Waals surface area contributed by atoms with Gasteiger partial charge in [0.05, 0.1) is 7.11 Å². The van der Waals surface area contributed by atoms with Crippen LogP contribution in [0.2, 0.25) is 0 Å². The van der Waals surface area contributed by atoms with Gasteiger partial charge in [0, 0.05) is 30.1 Å². The first-order valence-electron chi connectivity index (χ1n) is 8.81. The van der Waals surface area contributed by atoms with Crippen LogP contribution in [0.15, 0.2) is 36.4 Å². The number of methoxy groups -OCH3 is 1. The molecule has 2 nitrogen and oxygen atoms in total. The Bertz CT molecular complexity index is 739. The third-order valence-corrected chi connectivity index (χ3v) is 5.58. The van der Waals surface area contributed by atoms with E-state index in [1.165, 1.54) is 18.9 Å². The number of hydrogen-bond donors (Lipinski definition) is 0. The van der Waals surface area contributed by atoms with Gasteiger partial charge in [-0.05, 0) is 61.6 Å². The van der Waals surface area contributed by atoms with Crippen LogP contribution in [0, 0.1) is 5.82 Å². The summed E-state index contributed by atoms with van der Waals surface area (Å²) in [7, 11) is 1.60. The summed E-state index contributed by atoms with van der Waals surface area (Å²) in [6.07, 6.45) is 2.42. The smallest absolute Gasteiger partial charge is 0.131 e. The Hall–Kier alpha value is -1.58. The molecule has 0 aliphatic carbocycles. The van der Waals surface area contributed by atoms with Crippen molar-refractivity contribution < 1.29 is 9.13 Å². The Morgan fingerprint density at radius 2 is 1.80 bits per heavy atom. The van der Waals surface area contributed by atoms with Crippen LogP contribution < -0.4 is 4.74 Å². The van der Waals surface area contributed by atoms with Crippen LogP contribution in [0.3, 0.4) is 0 Å². The highest BCUT2D eigenvalue weighted by Crippen LogP contribution is 2.34. The fourth-order valence-corrected chi connectivity index (χ4v) is 3.88. The van der Waals surface area contributed by atoms with Crippen LogP contribution in [-0.4, -0.2) is 24.1 Å². The highest BCUT2D eigenvalue weighted by atomic mass is 35.5. The lowest BCUT2D eigenvalue weighted by molar-refractivity contribution is 0.205. The second-order valence-corrected chi connectivity index (χ2v) is 7.19. The SMILES string of the molecule is COc1ccc(F)c(-c2ccc(CCl)cc2CN2[C@H](C)CC[C@H]2C)c1. The lowest BCUT2D eigenvalue weighted by Gasteiger charge is -2.27. The second kappa shape index (κ2) is 7.76. The normalized spacial score (nSPS) is 20.8. The molecule has 0 bridgehead atoms. The van der Waals surface area contributed by atoms with Crippen LogP contribution in [0.4, 0.5) is 4.39 Å². The number of likely N-dealkylation sites (tertiary alicyclic amines) is 1. The van der Waals surface area contributed by atoms with Crippen molar-refractivity contribution in [1.82, 2.24) is 4.90 Å². The summed E-state index contributed by atoms with van der Waals surface area (Å²) in [6, 6.07) is 12.0. The number of rotatable bonds is 5. The number of halogens is 2. The molecule has 0 saturated carbocycles. The molecule has 0 unspecified atom stereocenters. The monoisotopic (exact) mass is 361 g/mol. The molecule has 1 aliphatic rings. The topological polar surface area (TPSA) is 12.5 Å². The first-order valence-corrected chi connectivity index (χ1v) is 9.34. The van der Waals surface area contributed by atoms with Gasteiger partial charge >= 0.3 is 0 Å². The molecule has 2 aromatic rings. The minimum Gasteiger partial charge on any atom is -0.497 e. The molecule has 2 aromatic carbocycles. The number of benzene rings is 2. The van der Waals surface area contributed by atoms with Crippen molar-refractivity contribution in [1.29, 1.82) is 0 Å². The van der Waals surface area contributed by atoms with Gasteiger partial charge in [0.2, 0.25) is 0 Å². The predicted molar refractivity (Wildman–Crippen MR) is 102 cm³/mol. The minimum atomic E-state index is -0.233. The summed E-state index contributed by atoms with van der Waals surface area (Å²) in [5.41, 5.74) is 3.67. The Morgan fingerprint density at radius 1 is 1.08 bits per heavy atom. The Labute approximate surface area is 154 Å². The van der Waals surface area contributed by atoms with Crippen LogP contribution in [0.5, 0.6) is 5.75 Å². The summed E-state index contributed by atoms with van der Waals surface area (Å²) in [4.78, 5) is 2.49. The highest BCUT2D eigenvalue weighted by Gasteiger charge is 2.28. The van der Waals surface area contributed by atoms with Crippen LogP contribution >= 0.6 is 11.6 Å². The molecule has 0 radical (unpaired) electrons. The zero-order chi connectivity index (χ0) is 18.0. The van der Waals surface area contributed by atoms with Crippen LogP contribution in [0.1, 0.15) is 37.8 Å². The average molecular weight is 362 g/mol. The first kappa shape index (κ1) is 18.2. The molecule has 0 N–H and O–H groups in total. The van der Waals surface area contributed by atoms with E-state index in [2.05, 4.69) is 24.8 Å². The summed E-state index contributed by atoms with van der Waals surface area (Å²) in [6.45, 7) is 5.33. The quantitative estimate of drug-likeness (QED) is 0.641. The molecule has 1 saturated heterocycles. The molecule has 1 heterocycles. The average Bonchev–Trinajstić information content (AvgIpc) is 2.94. The van der Waals surface area contributed by atoms with Crippen molar-refractivity contribution in [2.45, 2.75) is 51.2 Å². The summed E-state index contributed by atoms with van der Waals surface area (Å²) in [5, 5.41) is 0. The molecule has 4 heteroatoms. The van der Waals surface area contributed by atoms with Gasteiger partial charge < -0.3 is 4.74 Å². The number of nitrogens with zero attached hydrogens (tertiary/aromatic N) is 1. The van der Waals surface area contributed by atoms with Gasteiger partial charge in [-0.3, -0.25) is 4.90 Å². The van der Waals surface area contributed by atoms with Gasteiger partial charge in [-0.2, -0.15) is 0 Å². The molecular weight excluding hydrogens is 337 g/mol. The summed E-state index contributed by atoms with van der Waals surface area (Å²) < 4.78 is 19.8. The van der Waals surface area contributed by atoms with Gasteiger partial charge in [-0.15, -0.1) is 11.6 Å². The van der Waals surface area contributed by atoms with Gasteiger partial charge in [-0.25, -0.2) is 4.39 Å². The van der Waals surface area contributed by atoms with Crippen LogP contribution in [0.25, 0.3) is 11.1 Å². The fourth-order valence-electron chi connectivity index (χ4n) is 3.72. The van der Waals surface area contributed by atoms with Crippen molar-refractivity contribution in [2.75, 3.05) is 7.11 Å². The molecular formula is C21H25ClFNO. The molecule has 0 amide bonds. The van der Waals surface area contributed by atoms with Crippen molar-refractivity contribution in [3.63, 3.8) is 0 Å². The predicted octanol–water partition coefficient (Wildman–Crippen LogP) is 5.61. The molecule has 2 atom stereocenters. The van der Waals surface area contributed by atoms with Crippen molar-refractivity contribution in [3.05, 3.63) is 53.3 Å². The van der Waals surface area contributed by atoms with Crippen molar-refractivity contribution in [3.8, 4) is 16.9 Å². The zero-order valence-corrected chi connectivity index (χ0v) is 15.8. The maximum Gasteiger partial charge on any atom is 0.131 e. The maximum atomic E-state index is 14.5. The lowest BCUT2D eigenvalue weighted by Crippen LogP contribution is -2.32. The highest BCUT2D eigenvalue weighted by molar-refractivity contribution is 6.17. The van der Waals surface area contributed by atoms with E-state index in [-0.39, 0.29) is 5.82 Å². The van der Waals surface area contributed by atoms with Crippen molar-refractivity contribution in [2.24, 2.45) is 0 Å². The van der Waals surface area contributed by atoms with E-state index < -0.39 is 0 Å². The second-order valence-electron chi connectivity index (χ2n) is 6.92. The molecule has 1 fully saturated rings. The molecule has 134 valence electrons. The fraction of sp³-hybridized carbons (Fsp3) is 0.429. The van der Waals surface area contributed by atoms with E-state index in [1.54, 1.807) is 19.2 Å². The molecule has 3 rings (SSSR count). The molecule has 0 spiro atoms. The largest absolute Gasteiger partial charge is 0.497 e. The molecule has 0 aromatic heterocycles. The number of hydrogen-bond acceptors (Lipinski definition) is 2. The number of alkyl halides is 1. The van der Waals surface area contributed by atoms with E-state index in [0.29, 0.717) is 29.3 Å². The van der Waals surface area contributed by atoms with Gasteiger partial charge in [0.1, 0.15) is 11.6 Å². The third-order valence-electron chi connectivity index (χ3n) is 5.28. The maximum absolute atomic E-state index is 14.5. The van der Waals surface area contributed by atoms with Crippen LogP contribution in [-0.2, 0) is 12.4 Å². The van der Waals surface area contributed by atoms with Crippen molar-refractivity contribution >= 4 is 11.6 Å². The molecule has 1 aliphatic heterocycles. The van der Waals surface area contributed by atoms with Gasteiger partial charge in [0.15, 0.2) is 0 Å². The van der Waals surface area contributed by atoms with Gasteiger partial charge in [0.25, 0.3) is 0 Å². The Kier molecular flexibility index (Phi) is 5.65. The lowest BCUT2D eigenvalue weighted by atomic mass is 9.96. The molecule has 25 heavy (non-hydrogen) atoms. The van der Waals surface area contributed by atoms with E-state index >= 15 is 0 Å². The standard InChI is InChI=1S/C21H25ClFNO/c1-14-4-5-15(2)24(14)13-17-10-16(12-22)6-8-19(17)20-11-18(25-3)7-9-21(20)23/h6-11,14-15H,4-5,12-13H2,1-3H3/t14-,15-/m1/s1. The third kappa shape index (κ3) is 3.83. The Balaban J connectivity index is 2.05.